The van der Waals surface area contributed by atoms with Gasteiger partial charge in [-0.05, 0) is 25.1 Å². The lowest BCUT2D eigenvalue weighted by Crippen LogP contribution is -1.85. The van der Waals surface area contributed by atoms with Crippen molar-refractivity contribution in [2.45, 2.75) is 6.92 Å². The number of carbonyl (C=O) groups is 1. The Morgan fingerprint density at radius 3 is 2.88 bits per heavy atom. The summed E-state index contributed by atoms with van der Waals surface area (Å²) in [4.78, 5) is 10.5. The maximum Gasteiger partial charge on any atom is 0.328 e. The van der Waals surface area contributed by atoms with E-state index in [9.17, 15) is 4.79 Å². The molecule has 0 aliphatic rings. The minimum Gasteiger partial charge on any atom is -0.497 e. The molecule has 1 N–H and O–H groups in total. The van der Waals surface area contributed by atoms with Crippen LogP contribution in [0.15, 0.2) is 28.7 Å². The Balaban J connectivity index is 2.52. The standard InChI is InChI=1S/C13H12O4/c1-8-10-4-3-9(16-2)7-12(10)17-11(8)5-6-13(14)15/h3-7H,1-2H3,(H,14,15)/b6-5+. The minimum absolute atomic E-state index is 0.552. The van der Waals surface area contributed by atoms with Crippen LogP contribution < -0.4 is 4.74 Å². The molecule has 1 aromatic heterocycles. The van der Waals surface area contributed by atoms with E-state index >= 15 is 0 Å². The number of benzene rings is 1. The third kappa shape index (κ3) is 2.15. The van der Waals surface area contributed by atoms with E-state index in [2.05, 4.69) is 0 Å². The van der Waals surface area contributed by atoms with Crippen molar-refractivity contribution in [3.8, 4) is 5.75 Å². The maximum absolute atomic E-state index is 10.5. The van der Waals surface area contributed by atoms with Crippen LogP contribution in [0.1, 0.15) is 11.3 Å². The van der Waals surface area contributed by atoms with Crippen molar-refractivity contribution in [3.63, 3.8) is 0 Å². The van der Waals surface area contributed by atoms with E-state index in [1.807, 2.05) is 19.1 Å². The predicted octanol–water partition coefficient (Wildman–Crippen LogP) is 2.85. The van der Waals surface area contributed by atoms with Crippen molar-refractivity contribution in [1.29, 1.82) is 0 Å². The lowest BCUT2D eigenvalue weighted by atomic mass is 10.1. The summed E-state index contributed by atoms with van der Waals surface area (Å²) >= 11 is 0. The number of hydrogen-bond donors (Lipinski definition) is 1. The number of carboxylic acids is 1. The van der Waals surface area contributed by atoms with Gasteiger partial charge in [0.25, 0.3) is 0 Å². The van der Waals surface area contributed by atoms with Crippen molar-refractivity contribution >= 4 is 23.0 Å². The Labute approximate surface area is 98.1 Å². The molecule has 0 fully saturated rings. The first-order valence-electron chi connectivity index (χ1n) is 5.10. The van der Waals surface area contributed by atoms with Gasteiger partial charge in [-0.3, -0.25) is 0 Å². The number of aliphatic carboxylic acids is 1. The minimum atomic E-state index is -0.998. The second-order valence-electron chi connectivity index (χ2n) is 3.62. The summed E-state index contributed by atoms with van der Waals surface area (Å²) in [7, 11) is 1.59. The fourth-order valence-electron chi connectivity index (χ4n) is 1.66. The third-order valence-corrected chi connectivity index (χ3v) is 2.56. The Kier molecular flexibility index (Phi) is 2.87. The maximum atomic E-state index is 10.5. The number of fused-ring (bicyclic) bond motifs is 1. The van der Waals surface area contributed by atoms with E-state index in [0.717, 1.165) is 17.0 Å². The van der Waals surface area contributed by atoms with Crippen molar-refractivity contribution in [3.05, 3.63) is 35.6 Å². The van der Waals surface area contributed by atoms with E-state index in [-0.39, 0.29) is 0 Å². The molecular weight excluding hydrogens is 220 g/mol. The second-order valence-corrected chi connectivity index (χ2v) is 3.62. The molecule has 2 rings (SSSR count). The molecule has 0 aliphatic carbocycles. The summed E-state index contributed by atoms with van der Waals surface area (Å²) in [6.45, 7) is 1.89. The molecule has 0 radical (unpaired) electrons. The fraction of sp³-hybridized carbons (Fsp3) is 0.154. The third-order valence-electron chi connectivity index (χ3n) is 2.56. The van der Waals surface area contributed by atoms with Crippen LogP contribution >= 0.6 is 0 Å². The zero-order chi connectivity index (χ0) is 12.4. The fourth-order valence-corrected chi connectivity index (χ4v) is 1.66. The molecule has 0 spiro atoms. The number of methoxy groups -OCH3 is 1. The molecule has 1 heterocycles. The highest BCUT2D eigenvalue weighted by Crippen LogP contribution is 2.29. The van der Waals surface area contributed by atoms with E-state index in [4.69, 9.17) is 14.3 Å². The lowest BCUT2D eigenvalue weighted by Gasteiger charge is -1.97. The summed E-state index contributed by atoms with van der Waals surface area (Å²) in [6.07, 6.45) is 2.51. The monoisotopic (exact) mass is 232 g/mol. The van der Waals surface area contributed by atoms with E-state index in [1.54, 1.807) is 13.2 Å². The van der Waals surface area contributed by atoms with E-state index < -0.39 is 5.97 Å². The van der Waals surface area contributed by atoms with Gasteiger partial charge in [0.1, 0.15) is 17.1 Å². The highest BCUT2D eigenvalue weighted by Gasteiger charge is 2.09. The van der Waals surface area contributed by atoms with Crippen molar-refractivity contribution in [2.75, 3.05) is 7.11 Å². The topological polar surface area (TPSA) is 59.7 Å². The second kappa shape index (κ2) is 4.33. The Bertz CT molecular complexity index is 593. The first-order valence-corrected chi connectivity index (χ1v) is 5.10. The number of furan rings is 1. The summed E-state index contributed by atoms with van der Waals surface area (Å²) in [6, 6.07) is 5.51. The van der Waals surface area contributed by atoms with Gasteiger partial charge in [-0.15, -0.1) is 0 Å². The SMILES string of the molecule is COc1ccc2c(C)c(/C=C/C(=O)O)oc2c1. The van der Waals surface area contributed by atoms with Gasteiger partial charge in [-0.2, -0.15) is 0 Å². The summed E-state index contributed by atoms with van der Waals surface area (Å²) < 4.78 is 10.7. The van der Waals surface area contributed by atoms with Gasteiger partial charge in [0.05, 0.1) is 7.11 Å². The molecule has 0 atom stereocenters. The molecule has 0 unspecified atom stereocenters. The smallest absolute Gasteiger partial charge is 0.328 e. The molecule has 0 amide bonds. The van der Waals surface area contributed by atoms with Gasteiger partial charge in [-0.25, -0.2) is 4.79 Å². The molecule has 4 nitrogen and oxygen atoms in total. The summed E-state index contributed by atoms with van der Waals surface area (Å²) in [5.74, 6) is 0.262. The van der Waals surface area contributed by atoms with Crippen LogP contribution in [0.5, 0.6) is 5.75 Å². The van der Waals surface area contributed by atoms with Gasteiger partial charge < -0.3 is 14.3 Å². The molecule has 1 aromatic carbocycles. The molecule has 4 heteroatoms. The largest absolute Gasteiger partial charge is 0.497 e. The van der Waals surface area contributed by atoms with Crippen molar-refractivity contribution in [2.24, 2.45) is 0 Å². The Morgan fingerprint density at radius 2 is 2.24 bits per heavy atom. The van der Waals surface area contributed by atoms with Gasteiger partial charge in [0, 0.05) is 23.1 Å². The molecule has 88 valence electrons. The Hall–Kier alpha value is -2.23. The molecule has 2 aromatic rings. The molecule has 0 saturated heterocycles. The van der Waals surface area contributed by atoms with E-state index in [0.29, 0.717) is 17.1 Å². The highest BCUT2D eigenvalue weighted by atomic mass is 16.5. The van der Waals surface area contributed by atoms with Crippen LogP contribution in [-0.2, 0) is 4.79 Å². The van der Waals surface area contributed by atoms with Gasteiger partial charge in [-0.1, -0.05) is 0 Å². The van der Waals surface area contributed by atoms with Crippen LogP contribution in [0.2, 0.25) is 0 Å². The number of hydrogen-bond acceptors (Lipinski definition) is 3. The summed E-state index contributed by atoms with van der Waals surface area (Å²) in [5, 5.41) is 9.53. The average Bonchev–Trinajstić information content (AvgIpc) is 2.63. The molecule has 17 heavy (non-hydrogen) atoms. The average molecular weight is 232 g/mol. The van der Waals surface area contributed by atoms with Crippen LogP contribution in [0, 0.1) is 6.92 Å². The quantitative estimate of drug-likeness (QED) is 0.826. The van der Waals surface area contributed by atoms with Crippen molar-refractivity contribution in [1.82, 2.24) is 0 Å². The van der Waals surface area contributed by atoms with Crippen LogP contribution in [-0.4, -0.2) is 18.2 Å². The van der Waals surface area contributed by atoms with Gasteiger partial charge in [0.15, 0.2) is 0 Å². The number of ether oxygens (including phenoxy) is 1. The highest BCUT2D eigenvalue weighted by molar-refractivity contribution is 5.89. The normalized spacial score (nSPS) is 11.2. The van der Waals surface area contributed by atoms with Gasteiger partial charge in [0.2, 0.25) is 0 Å². The first-order chi connectivity index (χ1) is 8.11. The lowest BCUT2D eigenvalue weighted by molar-refractivity contribution is -0.131. The van der Waals surface area contributed by atoms with Gasteiger partial charge >= 0.3 is 5.97 Å². The molecular formula is C13H12O4. The van der Waals surface area contributed by atoms with E-state index in [1.165, 1.54) is 6.08 Å². The number of rotatable bonds is 3. The van der Waals surface area contributed by atoms with Crippen LogP contribution in [0.3, 0.4) is 0 Å². The molecule has 0 bridgehead atoms. The molecule has 0 aliphatic heterocycles. The predicted molar refractivity (Wildman–Crippen MR) is 64.2 cm³/mol. The first kappa shape index (κ1) is 11.3. The van der Waals surface area contributed by atoms with Crippen molar-refractivity contribution < 1.29 is 19.1 Å². The van der Waals surface area contributed by atoms with Crippen LogP contribution in [0.25, 0.3) is 17.0 Å². The Morgan fingerprint density at radius 1 is 1.47 bits per heavy atom. The number of carboxylic acid groups (broad SMARTS) is 1. The van der Waals surface area contributed by atoms with Crippen LogP contribution in [0.4, 0.5) is 0 Å². The summed E-state index contributed by atoms with van der Waals surface area (Å²) in [5.41, 5.74) is 1.60. The molecule has 0 saturated carbocycles. The zero-order valence-corrected chi connectivity index (χ0v) is 9.56. The number of aryl methyl sites for hydroxylation is 1. The zero-order valence-electron chi connectivity index (χ0n) is 9.56.